The highest BCUT2D eigenvalue weighted by Crippen LogP contribution is 2.20. The number of halogens is 1. The van der Waals surface area contributed by atoms with Gasteiger partial charge in [0.2, 0.25) is 0 Å². The Morgan fingerprint density at radius 1 is 1.55 bits per heavy atom. The minimum absolute atomic E-state index is 0.810. The van der Waals surface area contributed by atoms with Crippen LogP contribution in [0.3, 0.4) is 0 Å². The first kappa shape index (κ1) is 6.74. The summed E-state index contributed by atoms with van der Waals surface area (Å²) in [6.07, 6.45) is 12.9. The molecule has 0 atom stereocenters. The summed E-state index contributed by atoms with van der Waals surface area (Å²) >= 11 is 5.82. The maximum absolute atomic E-state index is 5.82. The van der Waals surface area contributed by atoms with Gasteiger partial charge >= 0.3 is 0 Å². The van der Waals surface area contributed by atoms with Gasteiger partial charge in [0.25, 0.3) is 0 Å². The molecular weight excluding hydrogens is 158 g/mol. The van der Waals surface area contributed by atoms with E-state index in [4.69, 9.17) is 11.6 Å². The van der Waals surface area contributed by atoms with Crippen molar-refractivity contribution >= 4 is 11.6 Å². The number of hydrogen-bond donors (Lipinski definition) is 0. The number of nitrogens with zero attached hydrogens (tertiary/aromatic N) is 1. The summed E-state index contributed by atoms with van der Waals surface area (Å²) in [6.45, 7) is 0.825. The summed E-state index contributed by atoms with van der Waals surface area (Å²) in [5, 5.41) is 0.810. The Bertz CT molecular complexity index is 284. The molecule has 0 bridgehead atoms. The Kier molecular flexibility index (Phi) is 1.59. The second kappa shape index (κ2) is 2.59. The standard InChI is InChI=1S/C9H7ClN/c10-8-4-6-11-5-2-1-3-9(11)7-8/h1-4,7H,6H2. The summed E-state index contributed by atoms with van der Waals surface area (Å²) in [5.41, 5.74) is 1.11. The summed E-state index contributed by atoms with van der Waals surface area (Å²) in [5.74, 6) is 0. The topological polar surface area (TPSA) is 3.24 Å². The van der Waals surface area contributed by atoms with Gasteiger partial charge in [-0.25, -0.2) is 0 Å². The molecule has 2 aliphatic rings. The van der Waals surface area contributed by atoms with E-state index in [2.05, 4.69) is 6.20 Å². The summed E-state index contributed by atoms with van der Waals surface area (Å²) in [7, 11) is 0. The third kappa shape index (κ3) is 1.24. The van der Waals surface area contributed by atoms with E-state index in [1.165, 1.54) is 0 Å². The van der Waals surface area contributed by atoms with Gasteiger partial charge in [0, 0.05) is 17.3 Å². The van der Waals surface area contributed by atoms with Crippen molar-refractivity contribution in [3.63, 3.8) is 0 Å². The lowest BCUT2D eigenvalue weighted by Crippen LogP contribution is -2.20. The Morgan fingerprint density at radius 3 is 3.36 bits per heavy atom. The molecule has 11 heavy (non-hydrogen) atoms. The number of allylic oxidation sites excluding steroid dienone is 5. The largest absolute Gasteiger partial charge is 0.336 e. The van der Waals surface area contributed by atoms with Gasteiger partial charge < -0.3 is 4.90 Å². The summed E-state index contributed by atoms with van der Waals surface area (Å²) < 4.78 is 0. The molecule has 55 valence electrons. The first-order chi connectivity index (χ1) is 5.36. The average molecular weight is 165 g/mol. The van der Waals surface area contributed by atoms with E-state index >= 15 is 0 Å². The van der Waals surface area contributed by atoms with E-state index in [9.17, 15) is 0 Å². The third-order valence-electron chi connectivity index (χ3n) is 1.66. The highest BCUT2D eigenvalue weighted by Gasteiger charge is 2.09. The van der Waals surface area contributed by atoms with Crippen LogP contribution in [-0.2, 0) is 0 Å². The second-order valence-corrected chi connectivity index (χ2v) is 2.86. The monoisotopic (exact) mass is 164 g/mol. The van der Waals surface area contributed by atoms with E-state index in [0.717, 1.165) is 17.3 Å². The zero-order chi connectivity index (χ0) is 7.68. The van der Waals surface area contributed by atoms with Gasteiger partial charge in [-0.3, -0.25) is 0 Å². The molecule has 0 aromatic rings. The van der Waals surface area contributed by atoms with Crippen LogP contribution in [0.4, 0.5) is 0 Å². The minimum Gasteiger partial charge on any atom is -0.336 e. The lowest BCUT2D eigenvalue weighted by atomic mass is 10.2. The molecule has 0 saturated heterocycles. The maximum atomic E-state index is 5.82. The van der Waals surface area contributed by atoms with E-state index in [-0.39, 0.29) is 0 Å². The van der Waals surface area contributed by atoms with Crippen LogP contribution >= 0.6 is 11.6 Å². The average Bonchev–Trinajstić information content (AvgIpc) is 2.04. The molecule has 1 radical (unpaired) electrons. The molecule has 0 saturated carbocycles. The molecule has 0 aromatic heterocycles. The van der Waals surface area contributed by atoms with Gasteiger partial charge in [-0.15, -0.1) is 0 Å². The molecule has 0 amide bonds. The van der Waals surface area contributed by atoms with E-state index in [1.807, 2.05) is 35.3 Å². The highest BCUT2D eigenvalue weighted by molar-refractivity contribution is 6.31. The van der Waals surface area contributed by atoms with Gasteiger partial charge in [-0.05, 0) is 24.3 Å². The number of rotatable bonds is 0. The Balaban J connectivity index is 2.33. The quantitative estimate of drug-likeness (QED) is 0.531. The van der Waals surface area contributed by atoms with Crippen LogP contribution in [-0.4, -0.2) is 11.4 Å². The van der Waals surface area contributed by atoms with Crippen molar-refractivity contribution in [1.29, 1.82) is 0 Å². The predicted molar refractivity (Wildman–Crippen MR) is 45.7 cm³/mol. The smallest absolute Gasteiger partial charge is 0.0655 e. The van der Waals surface area contributed by atoms with Crippen molar-refractivity contribution in [1.82, 2.24) is 4.90 Å². The van der Waals surface area contributed by atoms with Gasteiger partial charge in [-0.1, -0.05) is 17.7 Å². The molecule has 2 rings (SSSR count). The molecule has 0 fully saturated rings. The van der Waals surface area contributed by atoms with Crippen LogP contribution in [0, 0.1) is 6.20 Å². The fourth-order valence-corrected chi connectivity index (χ4v) is 1.29. The Labute approximate surface area is 71.0 Å². The predicted octanol–water partition coefficient (Wildman–Crippen LogP) is 2.20. The molecule has 0 unspecified atom stereocenters. The second-order valence-electron chi connectivity index (χ2n) is 2.42. The molecular formula is C9H7ClN. The van der Waals surface area contributed by atoms with Crippen LogP contribution in [0.1, 0.15) is 0 Å². The normalized spacial score (nSPS) is 21.0. The van der Waals surface area contributed by atoms with Crippen molar-refractivity contribution < 1.29 is 0 Å². The van der Waals surface area contributed by atoms with Crippen molar-refractivity contribution in [2.24, 2.45) is 0 Å². The maximum Gasteiger partial charge on any atom is 0.0655 e. The van der Waals surface area contributed by atoms with Crippen molar-refractivity contribution in [2.45, 2.75) is 0 Å². The van der Waals surface area contributed by atoms with Crippen molar-refractivity contribution in [3.05, 3.63) is 47.3 Å². The van der Waals surface area contributed by atoms with Crippen LogP contribution < -0.4 is 0 Å². The Morgan fingerprint density at radius 2 is 2.45 bits per heavy atom. The SMILES string of the molecule is ClC1=CCN2[C]=CC=CC2=C1. The molecule has 2 aliphatic heterocycles. The minimum atomic E-state index is 0.810. The zero-order valence-corrected chi connectivity index (χ0v) is 6.67. The van der Waals surface area contributed by atoms with Gasteiger partial charge in [0.15, 0.2) is 0 Å². The fraction of sp³-hybridized carbons (Fsp3) is 0.111. The molecule has 0 N–H and O–H groups in total. The first-order valence-corrected chi connectivity index (χ1v) is 3.85. The van der Waals surface area contributed by atoms with Crippen LogP contribution in [0.15, 0.2) is 41.1 Å². The third-order valence-corrected chi connectivity index (χ3v) is 1.92. The van der Waals surface area contributed by atoms with Crippen molar-refractivity contribution in [3.8, 4) is 0 Å². The van der Waals surface area contributed by atoms with Crippen LogP contribution in [0.25, 0.3) is 0 Å². The summed E-state index contributed by atoms with van der Waals surface area (Å²) in [4.78, 5) is 2.02. The van der Waals surface area contributed by atoms with E-state index < -0.39 is 0 Å². The van der Waals surface area contributed by atoms with Gasteiger partial charge in [0.1, 0.15) is 0 Å². The first-order valence-electron chi connectivity index (χ1n) is 3.47. The molecule has 1 nitrogen and oxygen atoms in total. The fourth-order valence-electron chi connectivity index (χ4n) is 1.11. The van der Waals surface area contributed by atoms with Gasteiger partial charge in [-0.2, -0.15) is 0 Å². The summed E-state index contributed by atoms with van der Waals surface area (Å²) in [6, 6.07) is 0. The van der Waals surface area contributed by atoms with Crippen molar-refractivity contribution in [2.75, 3.05) is 6.54 Å². The van der Waals surface area contributed by atoms with Crippen LogP contribution in [0.2, 0.25) is 0 Å². The molecule has 0 spiro atoms. The molecule has 2 heterocycles. The van der Waals surface area contributed by atoms with Crippen LogP contribution in [0.5, 0.6) is 0 Å². The molecule has 2 heteroatoms. The number of hydrogen-bond acceptors (Lipinski definition) is 1. The lowest BCUT2D eigenvalue weighted by molar-refractivity contribution is 0.500. The van der Waals surface area contributed by atoms with Gasteiger partial charge in [0.05, 0.1) is 6.20 Å². The van der Waals surface area contributed by atoms with E-state index in [0.29, 0.717) is 0 Å². The zero-order valence-electron chi connectivity index (χ0n) is 5.92. The number of fused-ring (bicyclic) bond motifs is 1. The molecule has 0 aromatic carbocycles. The van der Waals surface area contributed by atoms with E-state index in [1.54, 1.807) is 0 Å². The molecule has 0 aliphatic carbocycles. The lowest BCUT2D eigenvalue weighted by Gasteiger charge is -2.24. The Hall–Kier alpha value is -0.950. The highest BCUT2D eigenvalue weighted by atomic mass is 35.5.